The van der Waals surface area contributed by atoms with Gasteiger partial charge in [-0.05, 0) is 37.0 Å². The fraction of sp³-hybridized carbons (Fsp3) is 0.250. The number of imidazole rings is 1. The quantitative estimate of drug-likeness (QED) is 0.329. The minimum absolute atomic E-state index is 0.287. The van der Waals surface area contributed by atoms with E-state index >= 15 is 4.39 Å². The minimum atomic E-state index is -0.287. The largest absolute Gasteiger partial charge is 0.363 e. The summed E-state index contributed by atoms with van der Waals surface area (Å²) in [5.41, 5.74) is 5.41. The normalized spacial score (nSPS) is 13.7. The first-order chi connectivity index (χ1) is 16.3. The zero-order valence-electron chi connectivity index (χ0n) is 17.9. The molecule has 1 aromatic carbocycles. The molecule has 0 atom stereocenters. The highest BCUT2D eigenvalue weighted by Crippen LogP contribution is 2.30. The number of nitrogens with one attached hydrogen (secondary N) is 3. The molecule has 6 rings (SSSR count). The van der Waals surface area contributed by atoms with Crippen molar-refractivity contribution in [3.63, 3.8) is 0 Å². The molecule has 0 aliphatic heterocycles. The van der Waals surface area contributed by atoms with Crippen molar-refractivity contribution < 1.29 is 8.91 Å². The highest BCUT2D eigenvalue weighted by molar-refractivity contribution is 5.91. The van der Waals surface area contributed by atoms with E-state index in [0.29, 0.717) is 29.1 Å². The van der Waals surface area contributed by atoms with Gasteiger partial charge < -0.3 is 14.8 Å². The van der Waals surface area contributed by atoms with E-state index in [1.807, 2.05) is 12.1 Å². The maximum absolute atomic E-state index is 15.1. The van der Waals surface area contributed by atoms with Crippen molar-refractivity contribution in [2.75, 3.05) is 5.32 Å². The lowest BCUT2D eigenvalue weighted by atomic mass is 10.0. The summed E-state index contributed by atoms with van der Waals surface area (Å²) in [4.78, 5) is 12.2. The van der Waals surface area contributed by atoms with Gasteiger partial charge in [-0.25, -0.2) is 14.4 Å². The summed E-state index contributed by atoms with van der Waals surface area (Å²) in [5, 5.41) is 14.2. The number of halogens is 1. The summed E-state index contributed by atoms with van der Waals surface area (Å²) >= 11 is 0. The van der Waals surface area contributed by atoms with Crippen LogP contribution in [0.5, 0.6) is 0 Å². The first-order valence-corrected chi connectivity index (χ1v) is 11.1. The molecule has 0 unspecified atom stereocenters. The summed E-state index contributed by atoms with van der Waals surface area (Å²) in [5.74, 6) is 2.06. The van der Waals surface area contributed by atoms with Crippen LogP contribution in [0.1, 0.15) is 36.1 Å². The summed E-state index contributed by atoms with van der Waals surface area (Å²) < 4.78 is 20.6. The van der Waals surface area contributed by atoms with Gasteiger partial charge in [-0.2, -0.15) is 5.10 Å². The monoisotopic (exact) mass is 443 g/mol. The molecular formula is C24H22FN7O. The molecule has 5 aromatic rings. The van der Waals surface area contributed by atoms with E-state index in [1.54, 1.807) is 30.7 Å². The molecule has 1 aliphatic carbocycles. The highest BCUT2D eigenvalue weighted by atomic mass is 19.1. The van der Waals surface area contributed by atoms with Crippen LogP contribution in [-0.2, 0) is 19.4 Å². The van der Waals surface area contributed by atoms with E-state index in [1.165, 1.54) is 6.42 Å². The topological polar surface area (TPSA) is 108 Å². The number of H-pyrrole nitrogens is 2. The zero-order valence-corrected chi connectivity index (χ0v) is 17.9. The number of fused-ring (bicyclic) bond motifs is 2. The molecular weight excluding hydrogens is 421 g/mol. The van der Waals surface area contributed by atoms with Crippen LogP contribution in [0.15, 0.2) is 47.4 Å². The first-order valence-electron chi connectivity index (χ1n) is 11.1. The fourth-order valence-electron chi connectivity index (χ4n) is 4.40. The average molecular weight is 443 g/mol. The van der Waals surface area contributed by atoms with Crippen LogP contribution < -0.4 is 5.32 Å². The van der Waals surface area contributed by atoms with Crippen molar-refractivity contribution in [1.29, 1.82) is 0 Å². The predicted octanol–water partition coefficient (Wildman–Crippen LogP) is 5.02. The number of nitrogens with zero attached hydrogens (tertiary/aromatic N) is 4. The second-order valence-corrected chi connectivity index (χ2v) is 8.28. The van der Waals surface area contributed by atoms with Crippen LogP contribution in [0.3, 0.4) is 0 Å². The number of benzene rings is 1. The second kappa shape index (κ2) is 8.16. The van der Waals surface area contributed by atoms with E-state index < -0.39 is 0 Å². The van der Waals surface area contributed by atoms with Gasteiger partial charge in [0.05, 0.1) is 11.8 Å². The van der Waals surface area contributed by atoms with Crippen LogP contribution in [0.4, 0.5) is 10.2 Å². The molecule has 0 spiro atoms. The lowest BCUT2D eigenvalue weighted by molar-refractivity contribution is 0.382. The molecule has 4 heterocycles. The van der Waals surface area contributed by atoms with Crippen LogP contribution >= 0.6 is 0 Å². The Morgan fingerprint density at radius 3 is 2.91 bits per heavy atom. The first kappa shape index (κ1) is 19.7. The molecule has 0 saturated carbocycles. The second-order valence-electron chi connectivity index (χ2n) is 8.28. The fourth-order valence-corrected chi connectivity index (χ4v) is 4.40. The molecule has 8 nitrogen and oxygen atoms in total. The lowest BCUT2D eigenvalue weighted by Crippen LogP contribution is -2.04. The Kier molecular flexibility index (Phi) is 4.86. The number of aromatic nitrogens is 6. The standard InChI is InChI=1S/C24H22FN7O/c25-19-10-14(17-8-9-26-24-21(17)30-22(31-24)16-12-28-29-13-16)6-7-15(19)11-27-23-18-4-2-1-3-5-20(18)33-32-23/h6-10,12-13H,1-5,11H2,(H,27,32)(H,28,29)(H,26,30,31). The van der Waals surface area contributed by atoms with Crippen LogP contribution in [0.2, 0.25) is 0 Å². The third-order valence-corrected chi connectivity index (χ3v) is 6.17. The number of hydrogen-bond acceptors (Lipinski definition) is 6. The van der Waals surface area contributed by atoms with Crippen molar-refractivity contribution >= 4 is 17.0 Å². The van der Waals surface area contributed by atoms with Gasteiger partial charge in [-0.1, -0.05) is 23.7 Å². The van der Waals surface area contributed by atoms with Crippen molar-refractivity contribution in [1.82, 2.24) is 30.3 Å². The highest BCUT2D eigenvalue weighted by Gasteiger charge is 2.19. The predicted molar refractivity (Wildman–Crippen MR) is 122 cm³/mol. The Morgan fingerprint density at radius 2 is 2.03 bits per heavy atom. The molecule has 0 fully saturated rings. The van der Waals surface area contributed by atoms with Crippen LogP contribution in [0.25, 0.3) is 33.7 Å². The van der Waals surface area contributed by atoms with E-state index in [-0.39, 0.29) is 5.82 Å². The number of pyridine rings is 1. The van der Waals surface area contributed by atoms with E-state index in [4.69, 9.17) is 4.52 Å². The van der Waals surface area contributed by atoms with Gasteiger partial charge in [0.15, 0.2) is 11.5 Å². The molecule has 9 heteroatoms. The Balaban J connectivity index is 1.26. The molecule has 3 N–H and O–H groups in total. The number of rotatable bonds is 5. The average Bonchev–Trinajstić information content (AvgIpc) is 3.55. The van der Waals surface area contributed by atoms with Gasteiger partial charge in [0, 0.05) is 42.0 Å². The molecule has 0 saturated heterocycles. The smallest absolute Gasteiger partial charge is 0.173 e. The molecule has 0 amide bonds. The lowest BCUT2D eigenvalue weighted by Gasteiger charge is -2.09. The van der Waals surface area contributed by atoms with Gasteiger partial charge in [0.25, 0.3) is 0 Å². The number of aromatic amines is 2. The Bertz CT molecular complexity index is 1420. The van der Waals surface area contributed by atoms with Crippen molar-refractivity contribution in [3.05, 3.63) is 65.6 Å². The number of aryl methyl sites for hydroxylation is 1. The third kappa shape index (κ3) is 3.65. The Hall–Kier alpha value is -4.01. The maximum Gasteiger partial charge on any atom is 0.173 e. The van der Waals surface area contributed by atoms with Crippen LogP contribution in [0, 0.1) is 5.82 Å². The summed E-state index contributed by atoms with van der Waals surface area (Å²) in [7, 11) is 0. The Morgan fingerprint density at radius 1 is 1.09 bits per heavy atom. The number of anilines is 1. The molecule has 0 bridgehead atoms. The molecule has 4 aromatic heterocycles. The van der Waals surface area contributed by atoms with Gasteiger partial charge in [0.1, 0.15) is 22.9 Å². The molecule has 1 aliphatic rings. The van der Waals surface area contributed by atoms with Gasteiger partial charge in [0.2, 0.25) is 0 Å². The maximum atomic E-state index is 15.1. The zero-order chi connectivity index (χ0) is 22.2. The van der Waals surface area contributed by atoms with Crippen molar-refractivity contribution in [3.8, 4) is 22.5 Å². The van der Waals surface area contributed by atoms with Gasteiger partial charge in [-0.15, -0.1) is 0 Å². The summed E-state index contributed by atoms with van der Waals surface area (Å²) in [6, 6.07) is 7.09. The van der Waals surface area contributed by atoms with E-state index in [0.717, 1.165) is 59.5 Å². The minimum Gasteiger partial charge on any atom is -0.363 e. The van der Waals surface area contributed by atoms with E-state index in [9.17, 15) is 0 Å². The van der Waals surface area contributed by atoms with E-state index in [2.05, 4.69) is 35.6 Å². The summed E-state index contributed by atoms with van der Waals surface area (Å²) in [6.45, 7) is 0.337. The Labute approximate surface area is 188 Å². The molecule has 0 radical (unpaired) electrons. The number of hydrogen-bond donors (Lipinski definition) is 3. The van der Waals surface area contributed by atoms with Crippen molar-refractivity contribution in [2.24, 2.45) is 0 Å². The van der Waals surface area contributed by atoms with Gasteiger partial charge in [-0.3, -0.25) is 5.10 Å². The van der Waals surface area contributed by atoms with Crippen LogP contribution in [-0.4, -0.2) is 30.3 Å². The third-order valence-electron chi connectivity index (χ3n) is 6.17. The van der Waals surface area contributed by atoms with Crippen molar-refractivity contribution in [2.45, 2.75) is 38.6 Å². The molecule has 33 heavy (non-hydrogen) atoms. The SMILES string of the molecule is Fc1cc(-c2ccnc3[nH]c(-c4cn[nH]c4)nc23)ccc1CNc1noc2c1CCCCC2. The molecule has 166 valence electrons. The van der Waals surface area contributed by atoms with Gasteiger partial charge >= 0.3 is 0 Å². The summed E-state index contributed by atoms with van der Waals surface area (Å²) in [6.07, 6.45) is 10.5.